The first-order valence-electron chi connectivity index (χ1n) is 15.9. The van der Waals surface area contributed by atoms with E-state index in [1.807, 2.05) is 0 Å². The first-order valence-corrected chi connectivity index (χ1v) is 16.3. The van der Waals surface area contributed by atoms with Gasteiger partial charge in [0.1, 0.15) is 6.33 Å². The van der Waals surface area contributed by atoms with Gasteiger partial charge in [-0.3, -0.25) is 14.4 Å². The molecule has 0 unspecified atom stereocenters. The Labute approximate surface area is 297 Å². The normalized spacial score (nSPS) is 13.5. The third kappa shape index (κ3) is 9.64. The van der Waals surface area contributed by atoms with E-state index in [1.165, 1.54) is 41.3 Å². The molecule has 1 aliphatic rings. The third-order valence-corrected chi connectivity index (χ3v) is 8.55. The van der Waals surface area contributed by atoms with Crippen LogP contribution in [0.5, 0.6) is 0 Å². The first kappa shape index (κ1) is 36.4. The highest BCUT2D eigenvalue weighted by atomic mass is 35.5. The topological polar surface area (TPSA) is 210 Å². The third-order valence-electron chi connectivity index (χ3n) is 8.32. The number of rotatable bonds is 11. The number of nitrogens with one attached hydrogen (secondary N) is 4. The maximum absolute atomic E-state index is 13.8. The Balaban J connectivity index is 1.29. The average molecular weight is 718 g/mol. The van der Waals surface area contributed by atoms with E-state index in [2.05, 4.69) is 36.8 Å². The number of ether oxygens (including phenoxy) is 1. The molecule has 16 nitrogen and oxygen atoms in total. The van der Waals surface area contributed by atoms with Gasteiger partial charge in [-0.05, 0) is 82.4 Å². The van der Waals surface area contributed by atoms with Gasteiger partial charge >= 0.3 is 23.8 Å². The number of morpholine rings is 1. The number of anilines is 3. The molecule has 2 heterocycles. The Morgan fingerprint density at radius 2 is 1.57 bits per heavy atom. The molecule has 4 aromatic rings. The molecule has 5 N–H and O–H groups in total. The van der Waals surface area contributed by atoms with Gasteiger partial charge in [-0.2, -0.15) is 4.68 Å². The number of carboxylic acids is 1. The molecule has 1 saturated heterocycles. The summed E-state index contributed by atoms with van der Waals surface area (Å²) in [5.41, 5.74) is 1.46. The van der Waals surface area contributed by atoms with Gasteiger partial charge in [0, 0.05) is 41.9 Å². The van der Waals surface area contributed by atoms with Gasteiger partial charge in [0.15, 0.2) is 0 Å². The molecule has 0 bridgehead atoms. The number of carbonyl (C=O) groups is 5. The first-order chi connectivity index (χ1) is 24.4. The number of benzene rings is 3. The second kappa shape index (κ2) is 16.2. The van der Waals surface area contributed by atoms with E-state index in [1.54, 1.807) is 55.1 Å². The Hall–Kier alpha value is -5.87. The number of urea groups is 1. The molecule has 1 aromatic heterocycles. The van der Waals surface area contributed by atoms with Crippen molar-refractivity contribution >= 4 is 58.4 Å². The largest absolute Gasteiger partial charge is 0.478 e. The van der Waals surface area contributed by atoms with Crippen molar-refractivity contribution in [2.45, 2.75) is 20.3 Å². The number of nitrogens with zero attached hydrogens (tertiary/aromatic N) is 5. The fourth-order valence-corrected chi connectivity index (χ4v) is 5.52. The number of hydrogen-bond donors (Lipinski definition) is 5. The van der Waals surface area contributed by atoms with Crippen molar-refractivity contribution < 1.29 is 33.8 Å². The summed E-state index contributed by atoms with van der Waals surface area (Å²) in [5, 5.41) is 31.5. The minimum atomic E-state index is -1.10. The van der Waals surface area contributed by atoms with Crippen molar-refractivity contribution in [3.63, 3.8) is 0 Å². The van der Waals surface area contributed by atoms with Gasteiger partial charge in [0.2, 0.25) is 5.91 Å². The highest BCUT2D eigenvalue weighted by Gasteiger charge is 2.36. The lowest BCUT2D eigenvalue weighted by atomic mass is 9.74. The van der Waals surface area contributed by atoms with Gasteiger partial charge in [-0.25, -0.2) is 9.59 Å². The van der Waals surface area contributed by atoms with Gasteiger partial charge < -0.3 is 36.0 Å². The van der Waals surface area contributed by atoms with E-state index < -0.39 is 35.0 Å². The van der Waals surface area contributed by atoms with E-state index >= 15 is 0 Å². The predicted octanol–water partition coefficient (Wildman–Crippen LogP) is 3.46. The van der Waals surface area contributed by atoms with Crippen LogP contribution >= 0.6 is 11.6 Å². The summed E-state index contributed by atoms with van der Waals surface area (Å²) in [7, 11) is 0. The number of halogens is 1. The molecule has 17 heteroatoms. The molecule has 51 heavy (non-hydrogen) atoms. The molecule has 0 saturated carbocycles. The molecular weight excluding hydrogens is 682 g/mol. The highest BCUT2D eigenvalue weighted by molar-refractivity contribution is 6.40. The fraction of sp³-hybridized carbons (Fsp3) is 0.294. The molecule has 266 valence electrons. The van der Waals surface area contributed by atoms with Crippen LogP contribution in [-0.4, -0.2) is 92.8 Å². The van der Waals surface area contributed by atoms with Crippen LogP contribution in [-0.2, 0) is 25.5 Å². The zero-order valence-electron chi connectivity index (χ0n) is 27.8. The number of carboxylic acid groups (broad SMARTS) is 1. The van der Waals surface area contributed by atoms with Gasteiger partial charge in [0.05, 0.1) is 30.2 Å². The minimum Gasteiger partial charge on any atom is -0.478 e. The Kier molecular flexibility index (Phi) is 11.6. The van der Waals surface area contributed by atoms with Crippen LogP contribution < -0.4 is 21.3 Å². The molecule has 3 aromatic carbocycles. The van der Waals surface area contributed by atoms with Crippen molar-refractivity contribution in [2.75, 3.05) is 48.8 Å². The number of aromatic carboxylic acids is 1. The molecule has 0 spiro atoms. The summed E-state index contributed by atoms with van der Waals surface area (Å²) in [4.78, 5) is 65.5. The molecule has 1 fully saturated rings. The zero-order valence-corrected chi connectivity index (χ0v) is 28.5. The summed E-state index contributed by atoms with van der Waals surface area (Å²) >= 11 is 6.13. The number of aromatic nitrogens is 4. The summed E-state index contributed by atoms with van der Waals surface area (Å²) in [6.07, 6.45) is 1.55. The number of hydrogen-bond acceptors (Lipinski definition) is 9. The Morgan fingerprint density at radius 3 is 2.22 bits per heavy atom. The fourth-order valence-electron chi connectivity index (χ4n) is 5.35. The van der Waals surface area contributed by atoms with Crippen LogP contribution in [0.25, 0.3) is 5.69 Å². The molecule has 1 atom stereocenters. The quantitative estimate of drug-likeness (QED) is 0.143. The maximum Gasteiger partial charge on any atom is 0.335 e. The SMILES string of the molecule is CC(C)(CNC(=O)C(=O)Nc1cc(Cl)ccc1-n1cnnn1)[C@H](Cc1ccc(NC(=O)N2CCOCC2)cc1)C(=O)Nc1ccc(C(=O)O)cc1. The van der Waals surface area contributed by atoms with E-state index in [0.29, 0.717) is 48.4 Å². The van der Waals surface area contributed by atoms with E-state index in [4.69, 9.17) is 16.3 Å². The van der Waals surface area contributed by atoms with Gasteiger partial charge in [-0.1, -0.05) is 37.6 Å². The van der Waals surface area contributed by atoms with Crippen LogP contribution in [0.15, 0.2) is 73.1 Å². The van der Waals surface area contributed by atoms with Crippen LogP contribution in [0.4, 0.5) is 21.9 Å². The molecule has 5 rings (SSSR count). The Bertz CT molecular complexity index is 1880. The van der Waals surface area contributed by atoms with Crippen molar-refractivity contribution in [2.24, 2.45) is 11.3 Å². The van der Waals surface area contributed by atoms with Crippen molar-refractivity contribution in [1.82, 2.24) is 30.4 Å². The number of carbonyl (C=O) groups excluding carboxylic acids is 4. The van der Waals surface area contributed by atoms with Crippen molar-refractivity contribution in [3.05, 3.63) is 89.2 Å². The summed E-state index contributed by atoms with van der Waals surface area (Å²) in [5.74, 6) is -4.17. The zero-order chi connectivity index (χ0) is 36.5. The smallest absolute Gasteiger partial charge is 0.335 e. The maximum atomic E-state index is 13.8. The van der Waals surface area contributed by atoms with E-state index in [-0.39, 0.29) is 30.2 Å². The monoisotopic (exact) mass is 717 g/mol. The highest BCUT2D eigenvalue weighted by Crippen LogP contribution is 2.32. The van der Waals surface area contributed by atoms with Gasteiger partial charge in [-0.15, -0.1) is 5.10 Å². The lowest BCUT2D eigenvalue weighted by Crippen LogP contribution is -2.46. The lowest BCUT2D eigenvalue weighted by molar-refractivity contribution is -0.136. The van der Waals surface area contributed by atoms with Crippen LogP contribution in [0.2, 0.25) is 5.02 Å². The number of amides is 5. The second-order valence-electron chi connectivity index (χ2n) is 12.4. The van der Waals surface area contributed by atoms with Gasteiger partial charge in [0.25, 0.3) is 0 Å². The summed E-state index contributed by atoms with van der Waals surface area (Å²) < 4.78 is 6.61. The summed E-state index contributed by atoms with van der Waals surface area (Å²) in [6.45, 7) is 5.44. The predicted molar refractivity (Wildman–Crippen MR) is 187 cm³/mol. The molecule has 0 radical (unpaired) electrons. The molecule has 1 aliphatic heterocycles. The van der Waals surface area contributed by atoms with Crippen molar-refractivity contribution in [3.8, 4) is 5.69 Å². The standard InChI is InChI=1S/C34H36ClN9O7/c1-34(2,19-36-30(46)31(47)40-27-18-23(35)7-12-28(27)44-20-37-41-42-44)26(29(45)38-24-10-5-22(6-11-24)32(48)49)17-21-3-8-25(9-4-21)39-33(50)43-13-15-51-16-14-43/h3-12,18,20,26H,13-17,19H2,1-2H3,(H,36,46)(H,38,45)(H,39,50)(H,40,47)(H,48,49)/t26-/m1/s1. The van der Waals surface area contributed by atoms with E-state index in [9.17, 15) is 29.1 Å². The van der Waals surface area contributed by atoms with Crippen LogP contribution in [0.1, 0.15) is 29.8 Å². The number of tetrazole rings is 1. The average Bonchev–Trinajstić information content (AvgIpc) is 3.66. The van der Waals surface area contributed by atoms with Crippen LogP contribution in [0.3, 0.4) is 0 Å². The molecule has 0 aliphatic carbocycles. The summed E-state index contributed by atoms with van der Waals surface area (Å²) in [6, 6.07) is 17.2. The minimum absolute atomic E-state index is 0.0644. The van der Waals surface area contributed by atoms with Crippen molar-refractivity contribution in [1.29, 1.82) is 0 Å². The second-order valence-corrected chi connectivity index (χ2v) is 12.8. The molecular formula is C34H36ClN9O7. The van der Waals surface area contributed by atoms with E-state index in [0.717, 1.165) is 5.56 Å². The molecule has 5 amide bonds. The lowest BCUT2D eigenvalue weighted by Gasteiger charge is -2.34. The Morgan fingerprint density at radius 1 is 0.902 bits per heavy atom. The van der Waals surface area contributed by atoms with Crippen LogP contribution in [0, 0.1) is 11.3 Å².